The van der Waals surface area contributed by atoms with Crippen molar-refractivity contribution in [2.24, 2.45) is 7.05 Å². The highest BCUT2D eigenvalue weighted by molar-refractivity contribution is 7.99. The van der Waals surface area contributed by atoms with Crippen LogP contribution in [0, 0.1) is 5.82 Å². The van der Waals surface area contributed by atoms with E-state index in [-0.39, 0.29) is 10.9 Å². The fourth-order valence-electron chi connectivity index (χ4n) is 2.25. The monoisotopic (exact) mass is 384 g/mol. The van der Waals surface area contributed by atoms with E-state index in [4.69, 9.17) is 16.3 Å². The lowest BCUT2D eigenvalue weighted by atomic mass is 10.3. The lowest BCUT2D eigenvalue weighted by molar-refractivity contribution is -0.118. The molecule has 25 heavy (non-hydrogen) atoms. The minimum Gasteiger partial charge on any atom is -0.481 e. The smallest absolute Gasteiger partial charge is 0.230 e. The van der Waals surface area contributed by atoms with Crippen LogP contribution in [0.2, 0.25) is 5.02 Å². The normalized spacial score (nSPS) is 15.0. The Balaban J connectivity index is 1.61. The predicted molar refractivity (Wildman–Crippen MR) is 93.3 cm³/mol. The quantitative estimate of drug-likeness (QED) is 0.743. The Bertz CT molecular complexity index is 781. The van der Waals surface area contributed by atoms with Crippen LogP contribution in [0.15, 0.2) is 23.4 Å². The van der Waals surface area contributed by atoms with Crippen molar-refractivity contribution >= 4 is 29.3 Å². The van der Waals surface area contributed by atoms with Crippen molar-refractivity contribution in [3.8, 4) is 5.75 Å². The third-order valence-corrected chi connectivity index (χ3v) is 5.02. The van der Waals surface area contributed by atoms with Gasteiger partial charge in [-0.2, -0.15) is 0 Å². The van der Waals surface area contributed by atoms with E-state index >= 15 is 0 Å². The number of ether oxygens (including phenoxy) is 1. The van der Waals surface area contributed by atoms with E-state index in [1.807, 2.05) is 7.05 Å². The predicted octanol–water partition coefficient (Wildman–Crippen LogP) is 3.12. The number of carbonyl (C=O) groups is 1. The van der Waals surface area contributed by atoms with E-state index in [2.05, 4.69) is 15.5 Å². The number of hydrogen-bond acceptors (Lipinski definition) is 5. The number of aromatic nitrogens is 3. The molecule has 134 valence electrons. The minimum atomic E-state index is -0.435. The standard InChI is InChI=1S/C16H18ClFN4O2S/c1-9(24-13-6-3-10(18)7-12(13)17)15-20-21-16(22(15)2)25-8-14(23)19-11-4-5-11/h3,6-7,9,11H,4-5,8H2,1-2H3,(H,19,23). The lowest BCUT2D eigenvalue weighted by Crippen LogP contribution is -2.27. The summed E-state index contributed by atoms with van der Waals surface area (Å²) in [5.41, 5.74) is 0. The van der Waals surface area contributed by atoms with Gasteiger partial charge in [-0.1, -0.05) is 23.4 Å². The summed E-state index contributed by atoms with van der Waals surface area (Å²) in [7, 11) is 1.81. The number of thioether (sulfide) groups is 1. The zero-order chi connectivity index (χ0) is 18.0. The molecule has 1 saturated carbocycles. The third kappa shape index (κ3) is 4.64. The van der Waals surface area contributed by atoms with E-state index in [0.717, 1.165) is 12.8 Å². The molecule has 1 aromatic heterocycles. The van der Waals surface area contributed by atoms with Crippen molar-refractivity contribution in [1.29, 1.82) is 0 Å². The van der Waals surface area contributed by atoms with Crippen LogP contribution in [0.4, 0.5) is 4.39 Å². The fourth-order valence-corrected chi connectivity index (χ4v) is 3.19. The van der Waals surface area contributed by atoms with Gasteiger partial charge in [0.15, 0.2) is 17.1 Å². The minimum absolute atomic E-state index is 0.000516. The Hall–Kier alpha value is -1.80. The van der Waals surface area contributed by atoms with E-state index in [1.165, 1.54) is 30.0 Å². The molecule has 0 radical (unpaired) electrons. The van der Waals surface area contributed by atoms with Gasteiger partial charge >= 0.3 is 0 Å². The van der Waals surface area contributed by atoms with E-state index in [0.29, 0.717) is 28.5 Å². The van der Waals surface area contributed by atoms with E-state index < -0.39 is 11.9 Å². The van der Waals surface area contributed by atoms with Gasteiger partial charge in [-0.15, -0.1) is 10.2 Å². The molecule has 1 aromatic carbocycles. The molecule has 0 spiro atoms. The molecule has 0 aliphatic heterocycles. The topological polar surface area (TPSA) is 69.0 Å². The van der Waals surface area contributed by atoms with Crippen LogP contribution >= 0.6 is 23.4 Å². The third-order valence-electron chi connectivity index (χ3n) is 3.70. The average Bonchev–Trinajstić information content (AvgIpc) is 3.29. The Labute approximate surface area is 154 Å². The largest absolute Gasteiger partial charge is 0.481 e. The van der Waals surface area contributed by atoms with Gasteiger partial charge in [-0.05, 0) is 38.0 Å². The molecular weight excluding hydrogens is 367 g/mol. The van der Waals surface area contributed by atoms with Crippen LogP contribution in [0.25, 0.3) is 0 Å². The Morgan fingerprint density at radius 1 is 1.52 bits per heavy atom. The summed E-state index contributed by atoms with van der Waals surface area (Å²) in [5, 5.41) is 12.0. The highest BCUT2D eigenvalue weighted by Crippen LogP contribution is 2.30. The number of hydrogen-bond donors (Lipinski definition) is 1. The van der Waals surface area contributed by atoms with Crippen molar-refractivity contribution in [2.75, 3.05) is 5.75 Å². The SMILES string of the molecule is CC(Oc1ccc(F)cc1Cl)c1nnc(SCC(=O)NC2CC2)n1C. The molecule has 1 N–H and O–H groups in total. The van der Waals surface area contributed by atoms with Gasteiger partial charge in [0, 0.05) is 13.1 Å². The number of amides is 1. The lowest BCUT2D eigenvalue weighted by Gasteiger charge is -2.15. The number of carbonyl (C=O) groups excluding carboxylic acids is 1. The van der Waals surface area contributed by atoms with Gasteiger partial charge < -0.3 is 14.6 Å². The van der Waals surface area contributed by atoms with Crippen molar-refractivity contribution in [2.45, 2.75) is 37.1 Å². The molecule has 9 heteroatoms. The maximum absolute atomic E-state index is 13.1. The van der Waals surface area contributed by atoms with Gasteiger partial charge in [-0.25, -0.2) is 4.39 Å². The van der Waals surface area contributed by atoms with Crippen molar-refractivity contribution < 1.29 is 13.9 Å². The summed E-state index contributed by atoms with van der Waals surface area (Å²) in [5.74, 6) is 0.829. The van der Waals surface area contributed by atoms with Crippen molar-refractivity contribution in [3.05, 3.63) is 34.9 Å². The van der Waals surface area contributed by atoms with Crippen molar-refractivity contribution in [1.82, 2.24) is 20.1 Å². The molecule has 1 amide bonds. The zero-order valence-corrected chi connectivity index (χ0v) is 15.4. The molecule has 1 heterocycles. The highest BCUT2D eigenvalue weighted by atomic mass is 35.5. The highest BCUT2D eigenvalue weighted by Gasteiger charge is 2.24. The number of rotatable bonds is 7. The maximum Gasteiger partial charge on any atom is 0.230 e. The number of nitrogens with zero attached hydrogens (tertiary/aromatic N) is 3. The van der Waals surface area contributed by atoms with E-state index in [1.54, 1.807) is 11.5 Å². The number of halogens is 2. The number of nitrogens with one attached hydrogen (secondary N) is 1. The molecule has 0 bridgehead atoms. The Morgan fingerprint density at radius 3 is 2.96 bits per heavy atom. The second kappa shape index (κ2) is 7.61. The molecule has 3 rings (SSSR count). The maximum atomic E-state index is 13.1. The van der Waals surface area contributed by atoms with Crippen LogP contribution < -0.4 is 10.1 Å². The Morgan fingerprint density at radius 2 is 2.28 bits per heavy atom. The molecule has 1 aliphatic carbocycles. The Kier molecular flexibility index (Phi) is 5.48. The average molecular weight is 385 g/mol. The molecule has 6 nitrogen and oxygen atoms in total. The first-order valence-corrected chi connectivity index (χ1v) is 9.23. The summed E-state index contributed by atoms with van der Waals surface area (Å²) in [6, 6.07) is 4.30. The second-order valence-electron chi connectivity index (χ2n) is 5.87. The van der Waals surface area contributed by atoms with Gasteiger partial charge in [-0.3, -0.25) is 4.79 Å². The molecule has 2 aromatic rings. The van der Waals surface area contributed by atoms with Gasteiger partial charge in [0.05, 0.1) is 10.8 Å². The molecule has 1 fully saturated rings. The molecule has 0 saturated heterocycles. The van der Waals surface area contributed by atoms with Crippen LogP contribution in [0.5, 0.6) is 5.75 Å². The molecular formula is C16H18ClFN4O2S. The summed E-state index contributed by atoms with van der Waals surface area (Å²) in [4.78, 5) is 11.8. The summed E-state index contributed by atoms with van der Waals surface area (Å²) in [6.45, 7) is 1.80. The molecule has 1 aliphatic rings. The van der Waals surface area contributed by atoms with Gasteiger partial charge in [0.2, 0.25) is 5.91 Å². The first-order chi connectivity index (χ1) is 11.9. The van der Waals surface area contributed by atoms with Crippen LogP contribution in [0.1, 0.15) is 31.7 Å². The summed E-state index contributed by atoms with van der Waals surface area (Å²) in [6.07, 6.45) is 1.69. The van der Waals surface area contributed by atoms with E-state index in [9.17, 15) is 9.18 Å². The molecule has 1 atom stereocenters. The van der Waals surface area contributed by atoms with Gasteiger partial charge in [0.25, 0.3) is 0 Å². The van der Waals surface area contributed by atoms with Crippen molar-refractivity contribution in [3.63, 3.8) is 0 Å². The molecule has 1 unspecified atom stereocenters. The first kappa shape index (κ1) is 18.0. The fraction of sp³-hybridized carbons (Fsp3) is 0.438. The van der Waals surface area contributed by atoms with Crippen LogP contribution in [-0.2, 0) is 11.8 Å². The van der Waals surface area contributed by atoms with Crippen LogP contribution in [-0.4, -0.2) is 32.5 Å². The first-order valence-electron chi connectivity index (χ1n) is 7.87. The van der Waals surface area contributed by atoms with Crippen LogP contribution in [0.3, 0.4) is 0 Å². The summed E-state index contributed by atoms with van der Waals surface area (Å²) < 4.78 is 20.6. The second-order valence-corrected chi connectivity index (χ2v) is 7.21. The van der Waals surface area contributed by atoms with Gasteiger partial charge in [0.1, 0.15) is 11.6 Å². The zero-order valence-electron chi connectivity index (χ0n) is 13.8. The number of benzene rings is 1. The summed E-state index contributed by atoms with van der Waals surface area (Å²) >= 11 is 7.30.